The molecule has 1 N–H and O–H groups in total. The second-order valence-electron chi connectivity index (χ2n) is 8.74. The van der Waals surface area contributed by atoms with Crippen molar-refractivity contribution < 1.29 is 28.6 Å². The highest BCUT2D eigenvalue weighted by atomic mass is 32.1. The average Bonchev–Trinajstić information content (AvgIpc) is 3.15. The highest BCUT2D eigenvalue weighted by molar-refractivity contribution is 7.17. The first-order valence-electron chi connectivity index (χ1n) is 11.8. The fourth-order valence-corrected chi connectivity index (χ4v) is 5.23. The normalized spacial score (nSPS) is 13.7. The van der Waals surface area contributed by atoms with Crippen LogP contribution < -0.4 is 10.1 Å². The van der Waals surface area contributed by atoms with Crippen LogP contribution in [-0.4, -0.2) is 37.2 Å². The van der Waals surface area contributed by atoms with E-state index in [1.165, 1.54) is 18.3 Å². The zero-order valence-electron chi connectivity index (χ0n) is 20.5. The van der Waals surface area contributed by atoms with E-state index < -0.39 is 23.9 Å². The lowest BCUT2D eigenvalue weighted by molar-refractivity contribution is -0.155. The lowest BCUT2D eigenvalue weighted by Gasteiger charge is -2.16. The van der Waals surface area contributed by atoms with Crippen LogP contribution >= 0.6 is 11.3 Å². The van der Waals surface area contributed by atoms with Crippen molar-refractivity contribution in [3.8, 4) is 5.75 Å². The Hall–Kier alpha value is -2.87. The second kappa shape index (κ2) is 11.5. The number of nitrogens with one attached hydrogen (secondary N) is 1. The van der Waals surface area contributed by atoms with E-state index in [4.69, 9.17) is 14.2 Å². The molecule has 0 aliphatic heterocycles. The van der Waals surface area contributed by atoms with Gasteiger partial charge in [0, 0.05) is 4.88 Å². The Labute approximate surface area is 204 Å². The van der Waals surface area contributed by atoms with Gasteiger partial charge in [-0.1, -0.05) is 26.0 Å². The first-order chi connectivity index (χ1) is 16.2. The van der Waals surface area contributed by atoms with Crippen LogP contribution in [0.2, 0.25) is 0 Å². The molecule has 34 heavy (non-hydrogen) atoms. The van der Waals surface area contributed by atoms with Crippen LogP contribution in [0.3, 0.4) is 0 Å². The number of hydrogen-bond acceptors (Lipinski definition) is 7. The highest BCUT2D eigenvalue weighted by Crippen LogP contribution is 2.38. The van der Waals surface area contributed by atoms with Crippen molar-refractivity contribution in [1.29, 1.82) is 0 Å². The third-order valence-corrected chi connectivity index (χ3v) is 6.91. The van der Waals surface area contributed by atoms with Gasteiger partial charge in [-0.25, -0.2) is 9.59 Å². The second-order valence-corrected chi connectivity index (χ2v) is 9.85. The van der Waals surface area contributed by atoms with Gasteiger partial charge in [0.1, 0.15) is 10.8 Å². The Morgan fingerprint density at radius 2 is 1.85 bits per heavy atom. The molecular formula is C26H33NO6S. The number of ether oxygens (including phenoxy) is 3. The summed E-state index contributed by atoms with van der Waals surface area (Å²) < 4.78 is 16.2. The van der Waals surface area contributed by atoms with Crippen LogP contribution in [0.4, 0.5) is 5.00 Å². The summed E-state index contributed by atoms with van der Waals surface area (Å²) in [6.45, 7) is 9.25. The molecule has 2 aromatic rings. The number of hydrogen-bond donors (Lipinski definition) is 1. The van der Waals surface area contributed by atoms with Crippen LogP contribution in [0.25, 0.3) is 0 Å². The molecule has 0 fully saturated rings. The van der Waals surface area contributed by atoms with Gasteiger partial charge in [0.15, 0.2) is 12.7 Å². The fraction of sp³-hybridized carbons (Fsp3) is 0.500. The lowest BCUT2D eigenvalue weighted by atomic mass is 9.95. The third-order valence-electron chi connectivity index (χ3n) is 5.70. The minimum atomic E-state index is -1.05. The summed E-state index contributed by atoms with van der Waals surface area (Å²) in [6.07, 6.45) is 2.66. The Morgan fingerprint density at radius 1 is 1.12 bits per heavy atom. The number of fused-ring (bicyclic) bond motifs is 1. The van der Waals surface area contributed by atoms with Gasteiger partial charge in [-0.2, -0.15) is 0 Å². The van der Waals surface area contributed by atoms with E-state index in [9.17, 15) is 14.4 Å². The number of amides is 1. The number of benzene rings is 1. The monoisotopic (exact) mass is 487 g/mol. The van der Waals surface area contributed by atoms with Crippen molar-refractivity contribution in [2.45, 2.75) is 72.3 Å². The molecule has 1 amide bonds. The fourth-order valence-electron chi connectivity index (χ4n) is 3.95. The number of esters is 2. The molecule has 1 aliphatic rings. The molecule has 1 atom stereocenters. The van der Waals surface area contributed by atoms with E-state index in [0.717, 1.165) is 47.3 Å². The zero-order chi connectivity index (χ0) is 24.8. The molecule has 8 heteroatoms. The van der Waals surface area contributed by atoms with Crippen molar-refractivity contribution >= 4 is 34.2 Å². The minimum Gasteiger partial charge on any atom is -0.482 e. The zero-order valence-corrected chi connectivity index (χ0v) is 21.3. The Balaban J connectivity index is 1.63. The van der Waals surface area contributed by atoms with Gasteiger partial charge in [0.2, 0.25) is 0 Å². The third kappa shape index (κ3) is 6.17. The molecule has 0 saturated heterocycles. The SMILES string of the molecule is CCOC(=O)c1c(NC(=O)C(C)OC(=O)COc2cc(C)ccc2C(C)C)sc2c1CCCC2. The number of aryl methyl sites for hydroxylation is 2. The number of carbonyl (C=O) groups excluding carboxylic acids is 3. The average molecular weight is 488 g/mol. The number of carbonyl (C=O) groups is 3. The topological polar surface area (TPSA) is 90.9 Å². The van der Waals surface area contributed by atoms with Gasteiger partial charge in [-0.05, 0) is 75.1 Å². The predicted octanol–water partition coefficient (Wildman–Crippen LogP) is 5.18. The smallest absolute Gasteiger partial charge is 0.344 e. The largest absolute Gasteiger partial charge is 0.482 e. The molecule has 3 rings (SSSR count). The van der Waals surface area contributed by atoms with Crippen molar-refractivity contribution in [2.24, 2.45) is 0 Å². The summed E-state index contributed by atoms with van der Waals surface area (Å²) in [7, 11) is 0. The summed E-state index contributed by atoms with van der Waals surface area (Å²) in [4.78, 5) is 38.8. The number of rotatable bonds is 9. The van der Waals surface area contributed by atoms with Gasteiger partial charge < -0.3 is 19.5 Å². The summed E-state index contributed by atoms with van der Waals surface area (Å²) in [5.74, 6) is -0.714. The number of anilines is 1. The first-order valence-corrected chi connectivity index (χ1v) is 12.6. The maximum absolute atomic E-state index is 12.8. The summed E-state index contributed by atoms with van der Waals surface area (Å²) in [5.41, 5.74) is 3.41. The Kier molecular flexibility index (Phi) is 8.72. The Morgan fingerprint density at radius 3 is 2.56 bits per heavy atom. The molecule has 1 aromatic heterocycles. The Bertz CT molecular complexity index is 1060. The van der Waals surface area contributed by atoms with Gasteiger partial charge >= 0.3 is 11.9 Å². The van der Waals surface area contributed by atoms with Crippen molar-refractivity contribution in [3.63, 3.8) is 0 Å². The molecule has 1 unspecified atom stereocenters. The quantitative estimate of drug-likeness (QED) is 0.490. The van der Waals surface area contributed by atoms with Crippen LogP contribution in [0, 0.1) is 6.92 Å². The van der Waals surface area contributed by atoms with E-state index >= 15 is 0 Å². The van der Waals surface area contributed by atoms with E-state index in [1.807, 2.05) is 25.1 Å². The van der Waals surface area contributed by atoms with Crippen molar-refractivity contribution in [2.75, 3.05) is 18.5 Å². The molecule has 0 spiro atoms. The van der Waals surface area contributed by atoms with Gasteiger partial charge in [0.05, 0.1) is 12.2 Å². The summed E-state index contributed by atoms with van der Waals surface area (Å²) in [6, 6.07) is 5.87. The van der Waals surface area contributed by atoms with Crippen LogP contribution in [0.1, 0.15) is 78.4 Å². The molecule has 0 saturated carbocycles. The molecule has 1 heterocycles. The van der Waals surface area contributed by atoms with Gasteiger partial charge in [-0.3, -0.25) is 4.79 Å². The van der Waals surface area contributed by atoms with Crippen LogP contribution in [0.15, 0.2) is 18.2 Å². The number of thiophene rings is 1. The summed E-state index contributed by atoms with van der Waals surface area (Å²) in [5, 5.41) is 3.23. The standard InChI is InChI=1S/C26H33NO6S/c1-6-31-26(30)23-19-9-7-8-10-21(19)34-25(23)27-24(29)17(5)33-22(28)14-32-20-13-16(4)11-12-18(20)15(2)3/h11-13,15,17H,6-10,14H2,1-5H3,(H,27,29). The van der Waals surface area contributed by atoms with Crippen LogP contribution in [0.5, 0.6) is 5.75 Å². The lowest BCUT2D eigenvalue weighted by Crippen LogP contribution is -2.32. The van der Waals surface area contributed by atoms with Gasteiger partial charge in [-0.15, -0.1) is 11.3 Å². The van der Waals surface area contributed by atoms with E-state index in [2.05, 4.69) is 19.2 Å². The van der Waals surface area contributed by atoms with Crippen LogP contribution in [-0.2, 0) is 31.9 Å². The molecule has 0 bridgehead atoms. The van der Waals surface area contributed by atoms with Crippen molar-refractivity contribution in [3.05, 3.63) is 45.3 Å². The molecule has 0 radical (unpaired) electrons. The summed E-state index contributed by atoms with van der Waals surface area (Å²) >= 11 is 1.40. The molecule has 1 aliphatic carbocycles. The highest BCUT2D eigenvalue weighted by Gasteiger charge is 2.29. The van der Waals surface area contributed by atoms with E-state index in [0.29, 0.717) is 16.3 Å². The molecule has 7 nitrogen and oxygen atoms in total. The minimum absolute atomic E-state index is 0.238. The van der Waals surface area contributed by atoms with Gasteiger partial charge in [0.25, 0.3) is 5.91 Å². The van der Waals surface area contributed by atoms with E-state index in [1.54, 1.807) is 6.92 Å². The first kappa shape index (κ1) is 25.7. The maximum atomic E-state index is 12.8. The van der Waals surface area contributed by atoms with E-state index in [-0.39, 0.29) is 19.1 Å². The molecule has 184 valence electrons. The van der Waals surface area contributed by atoms with Crippen molar-refractivity contribution in [1.82, 2.24) is 0 Å². The maximum Gasteiger partial charge on any atom is 0.344 e. The molecular weight excluding hydrogens is 454 g/mol. The molecule has 1 aromatic carbocycles. The predicted molar refractivity (Wildman–Crippen MR) is 132 cm³/mol.